The number of nitrogens with zero attached hydrogens (tertiary/aromatic N) is 1. The molecular weight excluding hydrogens is 214 g/mol. The van der Waals surface area contributed by atoms with Crippen LogP contribution in [0, 0.1) is 12.8 Å². The number of carbonyl (C=O) groups is 1. The third-order valence-corrected chi connectivity index (χ3v) is 2.29. The van der Waals surface area contributed by atoms with Crippen molar-refractivity contribution in [3.8, 4) is 0 Å². The van der Waals surface area contributed by atoms with Crippen molar-refractivity contribution in [1.82, 2.24) is 10.5 Å². The first-order valence-electron chi connectivity index (χ1n) is 4.50. The second kappa shape index (κ2) is 4.88. The number of nitrogens with one attached hydrogen (secondary N) is 1. The lowest BCUT2D eigenvalue weighted by Crippen LogP contribution is -2.35. The van der Waals surface area contributed by atoms with E-state index in [9.17, 15) is 4.79 Å². The first kappa shape index (κ1) is 11.6. The molecule has 1 aromatic rings. The first-order chi connectivity index (χ1) is 7.00. The minimum Gasteiger partial charge on any atom is -0.393 e. The Kier molecular flexibility index (Phi) is 3.79. The molecule has 15 heavy (non-hydrogen) atoms. The number of aromatic nitrogens is 1. The van der Waals surface area contributed by atoms with E-state index in [-0.39, 0.29) is 10.9 Å². The number of carbonyl (C=O) groups excluding carboxylic acids is 1. The van der Waals surface area contributed by atoms with Gasteiger partial charge in [0.1, 0.15) is 11.5 Å². The zero-order valence-electron chi connectivity index (χ0n) is 8.61. The highest BCUT2D eigenvalue weighted by Gasteiger charge is 2.15. The minimum atomic E-state index is -0.465. The average molecular weight is 227 g/mol. The molecule has 5 nitrogen and oxygen atoms in total. The molecule has 1 unspecified atom stereocenters. The Labute approximate surface area is 93.0 Å². The fourth-order valence-corrected chi connectivity index (χ4v) is 1.07. The highest BCUT2D eigenvalue weighted by atomic mass is 32.1. The van der Waals surface area contributed by atoms with Gasteiger partial charge in [0.25, 0.3) is 0 Å². The van der Waals surface area contributed by atoms with Crippen molar-refractivity contribution in [3.63, 3.8) is 0 Å². The van der Waals surface area contributed by atoms with Gasteiger partial charge in [-0.15, -0.1) is 0 Å². The van der Waals surface area contributed by atoms with Gasteiger partial charge in [0.15, 0.2) is 0 Å². The lowest BCUT2D eigenvalue weighted by Gasteiger charge is -2.08. The quantitative estimate of drug-likeness (QED) is 0.733. The van der Waals surface area contributed by atoms with E-state index in [1.807, 2.05) is 0 Å². The smallest absolute Gasteiger partial charge is 0.229 e. The molecule has 1 heterocycles. The van der Waals surface area contributed by atoms with Crippen LogP contribution in [0.1, 0.15) is 18.4 Å². The molecular formula is C9H13N3O2S. The van der Waals surface area contributed by atoms with E-state index in [1.165, 1.54) is 0 Å². The third kappa shape index (κ3) is 3.32. The average Bonchev–Trinajstić information content (AvgIpc) is 2.59. The number of hydrogen-bond donors (Lipinski definition) is 2. The van der Waals surface area contributed by atoms with Crippen LogP contribution >= 0.6 is 12.2 Å². The maximum absolute atomic E-state index is 11.4. The van der Waals surface area contributed by atoms with Gasteiger partial charge < -0.3 is 15.6 Å². The van der Waals surface area contributed by atoms with Crippen LogP contribution in [0.3, 0.4) is 0 Å². The molecule has 0 spiro atoms. The Morgan fingerprint density at radius 3 is 2.93 bits per heavy atom. The van der Waals surface area contributed by atoms with E-state index in [0.29, 0.717) is 18.0 Å². The van der Waals surface area contributed by atoms with Crippen molar-refractivity contribution >= 4 is 23.1 Å². The number of hydrogen-bond acceptors (Lipinski definition) is 4. The van der Waals surface area contributed by atoms with Gasteiger partial charge in [0.2, 0.25) is 5.91 Å². The van der Waals surface area contributed by atoms with Crippen LogP contribution in [0.15, 0.2) is 10.6 Å². The summed E-state index contributed by atoms with van der Waals surface area (Å²) < 4.78 is 4.85. The fraction of sp³-hybridized carbons (Fsp3) is 0.444. The second-order valence-corrected chi connectivity index (χ2v) is 3.74. The first-order valence-corrected chi connectivity index (χ1v) is 4.90. The molecule has 1 atom stereocenters. The molecule has 3 N–H and O–H groups in total. The van der Waals surface area contributed by atoms with Crippen LogP contribution in [0.2, 0.25) is 0 Å². The summed E-state index contributed by atoms with van der Waals surface area (Å²) >= 11 is 4.71. The Morgan fingerprint density at radius 1 is 1.80 bits per heavy atom. The Bertz CT molecular complexity index is 375. The van der Waals surface area contributed by atoms with E-state index in [4.69, 9.17) is 22.5 Å². The molecule has 1 amide bonds. The normalized spacial score (nSPS) is 12.1. The molecule has 0 radical (unpaired) electrons. The molecule has 6 heteroatoms. The topological polar surface area (TPSA) is 81.2 Å². The van der Waals surface area contributed by atoms with Crippen molar-refractivity contribution in [1.29, 1.82) is 0 Å². The van der Waals surface area contributed by atoms with Gasteiger partial charge in [-0.1, -0.05) is 17.4 Å². The fourth-order valence-electron chi connectivity index (χ4n) is 0.961. The lowest BCUT2D eigenvalue weighted by molar-refractivity contribution is -0.122. The predicted molar refractivity (Wildman–Crippen MR) is 59.0 cm³/mol. The maximum Gasteiger partial charge on any atom is 0.229 e. The zero-order chi connectivity index (χ0) is 11.4. The maximum atomic E-state index is 11.4. The number of amides is 1. The Balaban J connectivity index is 2.44. The molecule has 0 aliphatic rings. The summed E-state index contributed by atoms with van der Waals surface area (Å²) in [5.41, 5.74) is 6.02. The minimum absolute atomic E-state index is 0.184. The van der Waals surface area contributed by atoms with E-state index in [1.54, 1.807) is 19.9 Å². The summed E-state index contributed by atoms with van der Waals surface area (Å²) in [5, 5.41) is 6.40. The lowest BCUT2D eigenvalue weighted by atomic mass is 10.1. The van der Waals surface area contributed by atoms with Crippen molar-refractivity contribution < 1.29 is 9.32 Å². The molecule has 0 aromatic carbocycles. The summed E-state index contributed by atoms with van der Waals surface area (Å²) in [4.78, 5) is 11.6. The summed E-state index contributed by atoms with van der Waals surface area (Å²) in [6.45, 7) is 3.77. The van der Waals surface area contributed by atoms with E-state index >= 15 is 0 Å². The van der Waals surface area contributed by atoms with Gasteiger partial charge in [-0.3, -0.25) is 4.79 Å². The van der Waals surface area contributed by atoms with E-state index in [2.05, 4.69) is 10.5 Å². The Morgan fingerprint density at radius 2 is 2.47 bits per heavy atom. The van der Waals surface area contributed by atoms with Crippen molar-refractivity contribution in [2.45, 2.75) is 20.4 Å². The van der Waals surface area contributed by atoms with Crippen molar-refractivity contribution in [3.05, 3.63) is 17.5 Å². The highest BCUT2D eigenvalue weighted by molar-refractivity contribution is 7.80. The van der Waals surface area contributed by atoms with Crippen LogP contribution in [-0.2, 0) is 11.3 Å². The van der Waals surface area contributed by atoms with Crippen LogP contribution < -0.4 is 11.1 Å². The molecule has 0 aliphatic carbocycles. The largest absolute Gasteiger partial charge is 0.393 e. The standard InChI is InChI=1S/C9H13N3O2S/c1-5-3-7(12-14-5)4-11-9(13)6(2)8(10)15/h3,6H,4H2,1-2H3,(H2,10,15)(H,11,13). The van der Waals surface area contributed by atoms with Gasteiger partial charge in [-0.25, -0.2) is 0 Å². The number of aryl methyl sites for hydroxylation is 1. The molecule has 0 fully saturated rings. The molecule has 0 saturated carbocycles. The predicted octanol–water partition coefficient (Wildman–Crippen LogP) is 0.521. The molecule has 82 valence electrons. The SMILES string of the molecule is Cc1cc(CNC(=O)C(C)C(N)=S)no1. The summed E-state index contributed by atoms with van der Waals surface area (Å²) in [5.74, 6) is 0.0396. The van der Waals surface area contributed by atoms with E-state index < -0.39 is 5.92 Å². The molecule has 1 aromatic heterocycles. The van der Waals surface area contributed by atoms with Gasteiger partial charge in [-0.05, 0) is 13.8 Å². The number of rotatable bonds is 4. The summed E-state index contributed by atoms with van der Waals surface area (Å²) in [7, 11) is 0. The van der Waals surface area contributed by atoms with Gasteiger partial charge in [-0.2, -0.15) is 0 Å². The van der Waals surface area contributed by atoms with Gasteiger partial charge in [0, 0.05) is 6.07 Å². The zero-order valence-corrected chi connectivity index (χ0v) is 9.43. The monoisotopic (exact) mass is 227 g/mol. The number of thiocarbonyl (C=S) groups is 1. The van der Waals surface area contributed by atoms with Crippen LogP contribution in [0.25, 0.3) is 0 Å². The van der Waals surface area contributed by atoms with Crippen molar-refractivity contribution in [2.75, 3.05) is 0 Å². The van der Waals surface area contributed by atoms with Gasteiger partial charge >= 0.3 is 0 Å². The summed E-state index contributed by atoms with van der Waals surface area (Å²) in [6, 6.07) is 1.76. The van der Waals surface area contributed by atoms with E-state index in [0.717, 1.165) is 0 Å². The van der Waals surface area contributed by atoms with Crippen LogP contribution in [0.5, 0.6) is 0 Å². The van der Waals surface area contributed by atoms with Crippen molar-refractivity contribution in [2.24, 2.45) is 11.7 Å². The van der Waals surface area contributed by atoms with Crippen LogP contribution in [-0.4, -0.2) is 16.1 Å². The molecule has 0 bridgehead atoms. The molecule has 1 rings (SSSR count). The second-order valence-electron chi connectivity index (χ2n) is 3.27. The van der Waals surface area contributed by atoms with Crippen LogP contribution in [0.4, 0.5) is 0 Å². The third-order valence-electron chi connectivity index (χ3n) is 1.94. The highest BCUT2D eigenvalue weighted by Crippen LogP contribution is 2.01. The summed E-state index contributed by atoms with van der Waals surface area (Å²) in [6.07, 6.45) is 0. The molecule has 0 aliphatic heterocycles. The van der Waals surface area contributed by atoms with Gasteiger partial charge in [0.05, 0.1) is 17.5 Å². The number of nitrogens with two attached hydrogens (primary N) is 1. The molecule has 0 saturated heterocycles. The Hall–Kier alpha value is -1.43.